The number of benzene rings is 1. The molecular weight excluding hydrogens is 341 g/mol. The zero-order chi connectivity index (χ0) is 14.5. The summed E-state index contributed by atoms with van der Waals surface area (Å²) in [6, 6.07) is 11.8. The van der Waals surface area contributed by atoms with Crippen molar-refractivity contribution in [3.8, 4) is 0 Å². The van der Waals surface area contributed by atoms with Gasteiger partial charge < -0.3 is 0 Å². The standard InChI is InChI=1S/C21H31.Y/c1-17-7-9-18(10-8-17)11-12-19-13-15-21(16-14-19)20-5-3-2-4-6-20;/h3-6,17-19,21H,7-16H2,1H3;/q-1;+3. The predicted molar refractivity (Wildman–Crippen MR) is 90.3 cm³/mol. The molecule has 1 heteroatoms. The molecule has 0 bridgehead atoms. The van der Waals surface area contributed by atoms with Crippen molar-refractivity contribution >= 4 is 0 Å². The van der Waals surface area contributed by atoms with Crippen LogP contribution in [-0.2, 0) is 32.7 Å². The molecule has 0 radical (unpaired) electrons. The summed E-state index contributed by atoms with van der Waals surface area (Å²) in [7, 11) is 0. The Morgan fingerprint density at radius 2 is 1.32 bits per heavy atom. The largest absolute Gasteiger partial charge is 3.00 e. The Morgan fingerprint density at radius 3 is 1.86 bits per heavy atom. The second-order valence-electron chi connectivity index (χ2n) is 7.75. The fourth-order valence-corrected chi connectivity index (χ4v) is 4.55. The molecule has 0 aliphatic heterocycles. The van der Waals surface area contributed by atoms with Crippen LogP contribution < -0.4 is 0 Å². The van der Waals surface area contributed by atoms with E-state index in [0.717, 1.165) is 23.7 Å². The summed E-state index contributed by atoms with van der Waals surface area (Å²) >= 11 is 0. The smallest absolute Gasteiger partial charge is 0.184 e. The summed E-state index contributed by atoms with van der Waals surface area (Å²) in [5.74, 6) is 3.91. The Balaban J connectivity index is 0.00000176. The molecule has 0 heterocycles. The van der Waals surface area contributed by atoms with E-state index in [1.165, 1.54) is 64.2 Å². The minimum Gasteiger partial charge on any atom is -0.184 e. The molecule has 2 aliphatic rings. The topological polar surface area (TPSA) is 0 Å². The van der Waals surface area contributed by atoms with Crippen molar-refractivity contribution in [3.63, 3.8) is 0 Å². The van der Waals surface area contributed by atoms with E-state index in [1.54, 1.807) is 5.56 Å². The van der Waals surface area contributed by atoms with Gasteiger partial charge >= 0.3 is 32.7 Å². The SMILES string of the molecule is CC1CCC(CCC2CCC(c3cc[c-]cc3)CC2)CC1.[Y+3]. The van der Waals surface area contributed by atoms with E-state index in [2.05, 4.69) is 37.3 Å². The Kier molecular flexibility index (Phi) is 8.12. The molecule has 0 amide bonds. The van der Waals surface area contributed by atoms with Gasteiger partial charge in [0.25, 0.3) is 0 Å². The van der Waals surface area contributed by atoms with Crippen molar-refractivity contribution < 1.29 is 32.7 Å². The van der Waals surface area contributed by atoms with Crippen molar-refractivity contribution in [1.82, 2.24) is 0 Å². The minimum atomic E-state index is 0. The second kappa shape index (κ2) is 9.58. The molecule has 1 aromatic carbocycles. The van der Waals surface area contributed by atoms with Crippen LogP contribution in [0.3, 0.4) is 0 Å². The van der Waals surface area contributed by atoms with Crippen molar-refractivity contribution in [1.29, 1.82) is 0 Å². The molecule has 116 valence electrons. The van der Waals surface area contributed by atoms with Crippen molar-refractivity contribution in [2.45, 2.75) is 77.0 Å². The maximum absolute atomic E-state index is 3.14. The van der Waals surface area contributed by atoms with E-state index in [0.29, 0.717) is 0 Å². The molecule has 2 saturated carbocycles. The van der Waals surface area contributed by atoms with E-state index in [-0.39, 0.29) is 32.7 Å². The summed E-state index contributed by atoms with van der Waals surface area (Å²) in [6.07, 6.45) is 14.8. The molecule has 0 nitrogen and oxygen atoms in total. The van der Waals surface area contributed by atoms with Gasteiger partial charge in [-0.3, -0.25) is 0 Å². The molecular formula is C21H31Y+2. The molecule has 22 heavy (non-hydrogen) atoms. The van der Waals surface area contributed by atoms with Gasteiger partial charge in [0.2, 0.25) is 0 Å². The fourth-order valence-electron chi connectivity index (χ4n) is 4.55. The van der Waals surface area contributed by atoms with Crippen LogP contribution in [0.25, 0.3) is 0 Å². The van der Waals surface area contributed by atoms with Crippen LogP contribution in [-0.4, -0.2) is 0 Å². The van der Waals surface area contributed by atoms with Crippen molar-refractivity contribution in [3.05, 3.63) is 35.9 Å². The molecule has 0 N–H and O–H groups in total. The van der Waals surface area contributed by atoms with Crippen LogP contribution in [0.4, 0.5) is 0 Å². The summed E-state index contributed by atoms with van der Waals surface area (Å²) in [5, 5.41) is 0. The number of hydrogen-bond acceptors (Lipinski definition) is 0. The summed E-state index contributed by atoms with van der Waals surface area (Å²) < 4.78 is 0. The van der Waals surface area contributed by atoms with E-state index in [1.807, 2.05) is 0 Å². The molecule has 0 unspecified atom stereocenters. The van der Waals surface area contributed by atoms with Gasteiger partial charge in [-0.2, -0.15) is 35.9 Å². The van der Waals surface area contributed by atoms with Crippen LogP contribution in [0.2, 0.25) is 0 Å². The summed E-state index contributed by atoms with van der Waals surface area (Å²) in [4.78, 5) is 0. The summed E-state index contributed by atoms with van der Waals surface area (Å²) in [5.41, 5.74) is 1.55. The molecule has 0 aromatic heterocycles. The monoisotopic (exact) mass is 372 g/mol. The van der Waals surface area contributed by atoms with Gasteiger partial charge in [-0.1, -0.05) is 45.4 Å². The minimum absolute atomic E-state index is 0. The molecule has 1 aromatic rings. The third-order valence-electron chi connectivity index (χ3n) is 6.18. The first-order valence-electron chi connectivity index (χ1n) is 9.27. The van der Waals surface area contributed by atoms with Crippen molar-refractivity contribution in [2.24, 2.45) is 17.8 Å². The maximum atomic E-state index is 3.14. The molecule has 0 spiro atoms. The second-order valence-corrected chi connectivity index (χ2v) is 7.75. The van der Waals surface area contributed by atoms with Gasteiger partial charge in [0.1, 0.15) is 0 Å². The Morgan fingerprint density at radius 1 is 0.818 bits per heavy atom. The average molecular weight is 372 g/mol. The number of rotatable bonds is 4. The zero-order valence-corrected chi connectivity index (χ0v) is 17.1. The molecule has 2 aliphatic carbocycles. The van der Waals surface area contributed by atoms with Crippen LogP contribution in [0, 0.1) is 23.8 Å². The average Bonchev–Trinajstić information content (AvgIpc) is 2.56. The third kappa shape index (κ3) is 5.45. The van der Waals surface area contributed by atoms with Crippen molar-refractivity contribution in [2.75, 3.05) is 0 Å². The maximum Gasteiger partial charge on any atom is 3.00 e. The molecule has 0 atom stereocenters. The van der Waals surface area contributed by atoms with Gasteiger partial charge in [-0.25, -0.2) is 0 Å². The normalized spacial score (nSPS) is 32.2. The number of hydrogen-bond donors (Lipinski definition) is 0. The van der Waals surface area contributed by atoms with Crippen LogP contribution >= 0.6 is 0 Å². The van der Waals surface area contributed by atoms with E-state index in [9.17, 15) is 0 Å². The predicted octanol–water partition coefficient (Wildman–Crippen LogP) is 6.36. The van der Waals surface area contributed by atoms with E-state index in [4.69, 9.17) is 0 Å². The Bertz CT molecular complexity index is 397. The van der Waals surface area contributed by atoms with Crippen LogP contribution in [0.1, 0.15) is 82.6 Å². The first-order valence-corrected chi connectivity index (χ1v) is 9.27. The fraction of sp³-hybridized carbons (Fsp3) is 0.714. The van der Waals surface area contributed by atoms with Gasteiger partial charge in [-0.05, 0) is 49.4 Å². The van der Waals surface area contributed by atoms with Gasteiger partial charge in [0.05, 0.1) is 0 Å². The summed E-state index contributed by atoms with van der Waals surface area (Å²) in [6.45, 7) is 2.43. The third-order valence-corrected chi connectivity index (χ3v) is 6.18. The van der Waals surface area contributed by atoms with Gasteiger partial charge in [0.15, 0.2) is 0 Å². The van der Waals surface area contributed by atoms with E-state index >= 15 is 0 Å². The molecule has 3 rings (SSSR count). The quantitative estimate of drug-likeness (QED) is 0.539. The van der Waals surface area contributed by atoms with Gasteiger partial charge in [-0.15, -0.1) is 0 Å². The van der Waals surface area contributed by atoms with Crippen LogP contribution in [0.15, 0.2) is 24.3 Å². The first kappa shape index (κ1) is 18.7. The Labute approximate surface area is 162 Å². The Hall–Kier alpha value is 0.324. The zero-order valence-electron chi connectivity index (χ0n) is 14.3. The molecule has 2 fully saturated rings. The van der Waals surface area contributed by atoms with E-state index < -0.39 is 0 Å². The van der Waals surface area contributed by atoms with Gasteiger partial charge in [0, 0.05) is 0 Å². The molecule has 0 saturated heterocycles. The van der Waals surface area contributed by atoms with Crippen LogP contribution in [0.5, 0.6) is 0 Å². The first-order chi connectivity index (χ1) is 10.3.